The number of rotatable bonds is 5. The number of carbonyl (C=O) groups is 1. The number of primary sulfonamides is 1. The summed E-state index contributed by atoms with van der Waals surface area (Å²) < 4.78 is 38.0. The van der Waals surface area contributed by atoms with Crippen LogP contribution in [-0.2, 0) is 10.0 Å². The standard InChI is InChI=1S/C21H18FN3O3S/c22-16-8-4-5-13(11-16)9-10-15-12-17(14-6-2-1-3-7-14)19(23)18(21(24)26)20(15)29(25,27)28/h1-12H,23H2,(H2,24,26)(H2,25,27,28). The first-order chi connectivity index (χ1) is 13.7. The highest BCUT2D eigenvalue weighted by molar-refractivity contribution is 7.89. The first-order valence-corrected chi connectivity index (χ1v) is 10.0. The van der Waals surface area contributed by atoms with Gasteiger partial charge in [-0.05, 0) is 34.9 Å². The number of hydrogen-bond acceptors (Lipinski definition) is 4. The van der Waals surface area contributed by atoms with E-state index in [1.54, 1.807) is 36.4 Å². The maximum Gasteiger partial charge on any atom is 0.252 e. The number of benzene rings is 3. The molecule has 0 unspecified atom stereocenters. The second kappa shape index (κ2) is 7.86. The monoisotopic (exact) mass is 411 g/mol. The number of sulfonamides is 1. The minimum absolute atomic E-state index is 0.0874. The largest absolute Gasteiger partial charge is 0.398 e. The average Bonchev–Trinajstić information content (AvgIpc) is 2.66. The van der Waals surface area contributed by atoms with E-state index in [-0.39, 0.29) is 16.8 Å². The Hall–Kier alpha value is -3.49. The van der Waals surface area contributed by atoms with Crippen molar-refractivity contribution in [1.29, 1.82) is 0 Å². The summed E-state index contributed by atoms with van der Waals surface area (Å²) in [5.41, 5.74) is 12.8. The third kappa shape index (κ3) is 4.34. The van der Waals surface area contributed by atoms with Crippen LogP contribution in [0.4, 0.5) is 10.1 Å². The van der Waals surface area contributed by atoms with Gasteiger partial charge in [-0.1, -0.05) is 54.6 Å². The highest BCUT2D eigenvalue weighted by Gasteiger charge is 2.26. The molecule has 0 aromatic heterocycles. The van der Waals surface area contributed by atoms with Gasteiger partial charge in [0, 0.05) is 5.56 Å². The molecule has 1 amide bonds. The van der Waals surface area contributed by atoms with Crippen LogP contribution in [0.25, 0.3) is 23.3 Å². The van der Waals surface area contributed by atoms with E-state index in [9.17, 15) is 17.6 Å². The molecular weight excluding hydrogens is 393 g/mol. The van der Waals surface area contributed by atoms with Crippen molar-refractivity contribution in [3.8, 4) is 11.1 Å². The van der Waals surface area contributed by atoms with E-state index in [1.807, 2.05) is 0 Å². The molecule has 0 aliphatic heterocycles. The topological polar surface area (TPSA) is 129 Å². The Morgan fingerprint density at radius 1 is 0.966 bits per heavy atom. The molecule has 6 N–H and O–H groups in total. The van der Waals surface area contributed by atoms with Crippen LogP contribution in [0.1, 0.15) is 21.5 Å². The van der Waals surface area contributed by atoms with Crippen LogP contribution in [0, 0.1) is 5.82 Å². The normalized spacial score (nSPS) is 11.7. The molecule has 148 valence electrons. The van der Waals surface area contributed by atoms with Gasteiger partial charge < -0.3 is 11.5 Å². The van der Waals surface area contributed by atoms with Gasteiger partial charge in [0.2, 0.25) is 10.0 Å². The van der Waals surface area contributed by atoms with Crippen molar-refractivity contribution >= 4 is 33.8 Å². The average molecular weight is 411 g/mol. The lowest BCUT2D eigenvalue weighted by Crippen LogP contribution is -2.23. The first kappa shape index (κ1) is 20.2. The second-order valence-corrected chi connectivity index (χ2v) is 7.79. The minimum atomic E-state index is -4.35. The van der Waals surface area contributed by atoms with Gasteiger partial charge in [-0.25, -0.2) is 17.9 Å². The Labute approximate surface area is 167 Å². The Bertz CT molecular complexity index is 1220. The molecular formula is C21H18FN3O3S. The zero-order valence-corrected chi connectivity index (χ0v) is 16.0. The van der Waals surface area contributed by atoms with Gasteiger partial charge in [0.05, 0.1) is 11.3 Å². The van der Waals surface area contributed by atoms with Crippen LogP contribution in [0.5, 0.6) is 0 Å². The molecule has 0 radical (unpaired) electrons. The Morgan fingerprint density at radius 3 is 2.24 bits per heavy atom. The molecule has 0 aliphatic rings. The van der Waals surface area contributed by atoms with Crippen LogP contribution in [0.15, 0.2) is 65.6 Å². The van der Waals surface area contributed by atoms with Gasteiger partial charge in [-0.3, -0.25) is 4.79 Å². The number of amides is 1. The van der Waals surface area contributed by atoms with E-state index in [0.29, 0.717) is 16.7 Å². The number of anilines is 1. The number of halogens is 1. The number of nitrogen functional groups attached to an aromatic ring is 1. The summed E-state index contributed by atoms with van der Waals surface area (Å²) in [4.78, 5) is 11.6. The molecule has 3 aromatic rings. The first-order valence-electron chi connectivity index (χ1n) is 8.46. The van der Waals surface area contributed by atoms with Crippen LogP contribution >= 0.6 is 0 Å². The lowest BCUT2D eigenvalue weighted by molar-refractivity contribution is 0.0998. The Balaban J connectivity index is 2.33. The van der Waals surface area contributed by atoms with Gasteiger partial charge in [-0.15, -0.1) is 0 Å². The molecule has 6 nitrogen and oxygen atoms in total. The zero-order valence-electron chi connectivity index (χ0n) is 15.2. The van der Waals surface area contributed by atoms with Crippen LogP contribution < -0.4 is 16.6 Å². The van der Waals surface area contributed by atoms with Crippen molar-refractivity contribution < 1.29 is 17.6 Å². The molecule has 0 heterocycles. The molecule has 3 rings (SSSR count). The molecule has 8 heteroatoms. The third-order valence-electron chi connectivity index (χ3n) is 4.27. The van der Waals surface area contributed by atoms with E-state index in [4.69, 9.17) is 16.6 Å². The number of primary amides is 1. The van der Waals surface area contributed by atoms with Crippen molar-refractivity contribution in [2.24, 2.45) is 10.9 Å². The fourth-order valence-corrected chi connectivity index (χ4v) is 3.98. The summed E-state index contributed by atoms with van der Waals surface area (Å²) in [6.07, 6.45) is 2.93. The molecule has 3 aromatic carbocycles. The number of hydrogen-bond donors (Lipinski definition) is 3. The van der Waals surface area contributed by atoms with Gasteiger partial charge in [-0.2, -0.15) is 0 Å². The molecule has 0 aliphatic carbocycles. The lowest BCUT2D eigenvalue weighted by atomic mass is 9.96. The van der Waals surface area contributed by atoms with Gasteiger partial charge >= 0.3 is 0 Å². The molecule has 0 saturated carbocycles. The smallest absolute Gasteiger partial charge is 0.252 e. The second-order valence-electron chi connectivity index (χ2n) is 6.29. The molecule has 0 atom stereocenters. The van der Waals surface area contributed by atoms with Gasteiger partial charge in [0.25, 0.3) is 5.91 Å². The summed E-state index contributed by atoms with van der Waals surface area (Å²) >= 11 is 0. The Morgan fingerprint density at radius 2 is 1.66 bits per heavy atom. The van der Waals surface area contributed by atoms with Crippen LogP contribution in [0.3, 0.4) is 0 Å². The third-order valence-corrected chi connectivity index (χ3v) is 5.28. The van der Waals surface area contributed by atoms with Gasteiger partial charge in [0.1, 0.15) is 10.7 Å². The SMILES string of the molecule is NC(=O)c1c(N)c(-c2ccccc2)cc(C=Cc2cccc(F)c2)c1S(N)(=O)=O. The molecule has 0 fully saturated rings. The maximum atomic E-state index is 13.4. The van der Waals surface area contributed by atoms with Crippen LogP contribution in [0.2, 0.25) is 0 Å². The summed E-state index contributed by atoms with van der Waals surface area (Å²) in [6, 6.07) is 16.1. The summed E-state index contributed by atoms with van der Waals surface area (Å²) in [5.74, 6) is -1.47. The Kier molecular flexibility index (Phi) is 5.49. The molecule has 0 bridgehead atoms. The van der Waals surface area contributed by atoms with Crippen molar-refractivity contribution in [2.45, 2.75) is 4.90 Å². The van der Waals surface area contributed by atoms with Crippen molar-refractivity contribution in [3.63, 3.8) is 0 Å². The molecule has 29 heavy (non-hydrogen) atoms. The molecule has 0 spiro atoms. The lowest BCUT2D eigenvalue weighted by Gasteiger charge is -2.16. The number of nitrogens with two attached hydrogens (primary N) is 3. The highest BCUT2D eigenvalue weighted by atomic mass is 32.2. The zero-order chi connectivity index (χ0) is 21.2. The van der Waals surface area contributed by atoms with E-state index in [2.05, 4.69) is 0 Å². The van der Waals surface area contributed by atoms with E-state index in [0.717, 1.165) is 0 Å². The molecule has 0 saturated heterocycles. The van der Waals surface area contributed by atoms with Crippen molar-refractivity contribution in [1.82, 2.24) is 0 Å². The van der Waals surface area contributed by atoms with Gasteiger partial charge in [0.15, 0.2) is 0 Å². The van der Waals surface area contributed by atoms with Crippen molar-refractivity contribution in [2.75, 3.05) is 5.73 Å². The van der Waals surface area contributed by atoms with Crippen molar-refractivity contribution in [3.05, 3.63) is 83.2 Å². The fraction of sp³-hybridized carbons (Fsp3) is 0. The predicted molar refractivity (Wildman–Crippen MR) is 112 cm³/mol. The van der Waals surface area contributed by atoms with E-state index >= 15 is 0 Å². The predicted octanol–water partition coefficient (Wildman–Crippen LogP) is 2.99. The summed E-state index contributed by atoms with van der Waals surface area (Å²) in [7, 11) is -4.35. The highest BCUT2D eigenvalue weighted by Crippen LogP contribution is 2.36. The number of carbonyl (C=O) groups excluding carboxylic acids is 1. The maximum absolute atomic E-state index is 13.4. The van der Waals surface area contributed by atoms with E-state index < -0.39 is 26.6 Å². The quantitative estimate of drug-likeness (QED) is 0.440. The fourth-order valence-electron chi connectivity index (χ4n) is 3.03. The minimum Gasteiger partial charge on any atom is -0.398 e. The van der Waals surface area contributed by atoms with Crippen LogP contribution in [-0.4, -0.2) is 14.3 Å². The van der Waals surface area contributed by atoms with E-state index in [1.165, 1.54) is 36.4 Å². The summed E-state index contributed by atoms with van der Waals surface area (Å²) in [6.45, 7) is 0. The summed E-state index contributed by atoms with van der Waals surface area (Å²) in [5, 5.41) is 5.36.